The first kappa shape index (κ1) is 18.2. The Morgan fingerprint density at radius 2 is 1.81 bits per heavy atom. The van der Waals surface area contributed by atoms with E-state index in [4.69, 9.17) is 4.98 Å². The molecule has 1 aromatic heterocycles. The number of anilines is 1. The molecule has 1 rings (SSSR count). The average Bonchev–Trinajstić information content (AvgIpc) is 2.47. The molecule has 1 aromatic rings. The van der Waals surface area contributed by atoms with Gasteiger partial charge in [0, 0.05) is 30.3 Å². The molecule has 1 heterocycles. The van der Waals surface area contributed by atoms with Crippen molar-refractivity contribution in [1.29, 1.82) is 0 Å². The van der Waals surface area contributed by atoms with E-state index in [-0.39, 0.29) is 0 Å². The van der Waals surface area contributed by atoms with Crippen molar-refractivity contribution in [2.24, 2.45) is 0 Å². The van der Waals surface area contributed by atoms with Gasteiger partial charge in [0.15, 0.2) is 0 Å². The van der Waals surface area contributed by atoms with E-state index in [0.717, 1.165) is 48.6 Å². The van der Waals surface area contributed by atoms with Gasteiger partial charge in [0.05, 0.1) is 0 Å². The van der Waals surface area contributed by atoms with Gasteiger partial charge in [-0.1, -0.05) is 27.7 Å². The summed E-state index contributed by atoms with van der Waals surface area (Å²) in [4.78, 5) is 11.9. The lowest BCUT2D eigenvalue weighted by atomic mass is 10.2. The van der Waals surface area contributed by atoms with Crippen LogP contribution in [0.5, 0.6) is 0 Å². The van der Waals surface area contributed by atoms with Crippen LogP contribution in [0.3, 0.4) is 0 Å². The van der Waals surface area contributed by atoms with Crippen LogP contribution in [0.4, 0.5) is 5.82 Å². The van der Waals surface area contributed by atoms with E-state index in [1.807, 2.05) is 11.8 Å². The summed E-state index contributed by atoms with van der Waals surface area (Å²) in [5, 5.41) is 4.48. The van der Waals surface area contributed by atoms with Crippen LogP contribution in [-0.2, 0) is 0 Å². The van der Waals surface area contributed by atoms with Crippen LogP contribution < -0.4 is 5.32 Å². The highest BCUT2D eigenvalue weighted by Crippen LogP contribution is 2.27. The zero-order valence-corrected chi connectivity index (χ0v) is 15.2. The second kappa shape index (κ2) is 9.26. The van der Waals surface area contributed by atoms with Crippen LogP contribution in [0.2, 0.25) is 0 Å². The standard InChI is InChI=1S/C16H30N4S/c1-7-17-15-13(6)16(19-14(18-15)12(4)5)21-11-10-20(8-2)9-3/h12H,7-11H2,1-6H3,(H,17,18,19). The molecule has 21 heavy (non-hydrogen) atoms. The minimum atomic E-state index is 0.352. The fourth-order valence-corrected chi connectivity index (χ4v) is 3.08. The molecular formula is C16H30N4S. The summed E-state index contributed by atoms with van der Waals surface area (Å²) < 4.78 is 0. The second-order valence-electron chi connectivity index (χ2n) is 5.42. The molecule has 0 fully saturated rings. The van der Waals surface area contributed by atoms with E-state index in [0.29, 0.717) is 5.92 Å². The normalized spacial score (nSPS) is 11.4. The Morgan fingerprint density at radius 3 is 2.33 bits per heavy atom. The minimum absolute atomic E-state index is 0.352. The van der Waals surface area contributed by atoms with Crippen molar-refractivity contribution in [2.75, 3.05) is 37.2 Å². The Balaban J connectivity index is 2.84. The number of nitrogens with one attached hydrogen (secondary N) is 1. The van der Waals surface area contributed by atoms with Crippen molar-refractivity contribution in [3.63, 3.8) is 0 Å². The lowest BCUT2D eigenvalue weighted by Crippen LogP contribution is -2.25. The van der Waals surface area contributed by atoms with Crippen LogP contribution in [0.25, 0.3) is 0 Å². The fraction of sp³-hybridized carbons (Fsp3) is 0.750. The zero-order chi connectivity index (χ0) is 15.8. The maximum atomic E-state index is 4.76. The van der Waals surface area contributed by atoms with E-state index < -0.39 is 0 Å². The summed E-state index contributed by atoms with van der Waals surface area (Å²) in [6.07, 6.45) is 0. The van der Waals surface area contributed by atoms with E-state index in [1.165, 1.54) is 5.56 Å². The molecule has 0 amide bonds. The summed E-state index contributed by atoms with van der Waals surface area (Å²) in [6, 6.07) is 0. The smallest absolute Gasteiger partial charge is 0.134 e. The summed E-state index contributed by atoms with van der Waals surface area (Å²) in [5.74, 6) is 3.34. The number of aromatic nitrogens is 2. The van der Waals surface area contributed by atoms with Gasteiger partial charge in [-0.15, -0.1) is 11.8 Å². The third-order valence-electron chi connectivity index (χ3n) is 3.52. The first-order chi connectivity index (χ1) is 10.0. The van der Waals surface area contributed by atoms with Crippen LogP contribution in [0, 0.1) is 6.92 Å². The van der Waals surface area contributed by atoms with E-state index in [1.54, 1.807) is 0 Å². The quantitative estimate of drug-likeness (QED) is 0.555. The largest absolute Gasteiger partial charge is 0.370 e. The first-order valence-electron chi connectivity index (χ1n) is 8.00. The van der Waals surface area contributed by atoms with Gasteiger partial charge in [-0.3, -0.25) is 0 Å². The third-order valence-corrected chi connectivity index (χ3v) is 4.58. The van der Waals surface area contributed by atoms with Crippen LogP contribution in [-0.4, -0.2) is 46.8 Å². The molecule has 0 unspecified atom stereocenters. The molecule has 0 radical (unpaired) electrons. The van der Waals surface area contributed by atoms with Crippen LogP contribution in [0.15, 0.2) is 5.03 Å². The Hall–Kier alpha value is -0.810. The molecule has 0 aromatic carbocycles. The molecule has 5 heteroatoms. The Morgan fingerprint density at radius 1 is 1.14 bits per heavy atom. The molecule has 0 saturated heterocycles. The summed E-state index contributed by atoms with van der Waals surface area (Å²) >= 11 is 1.84. The number of nitrogens with zero attached hydrogens (tertiary/aromatic N) is 3. The van der Waals surface area contributed by atoms with Crippen molar-refractivity contribution in [1.82, 2.24) is 14.9 Å². The van der Waals surface area contributed by atoms with Gasteiger partial charge < -0.3 is 10.2 Å². The predicted molar refractivity (Wildman–Crippen MR) is 93.5 cm³/mol. The van der Waals surface area contributed by atoms with E-state index >= 15 is 0 Å². The number of thioether (sulfide) groups is 1. The Kier molecular flexibility index (Phi) is 8.04. The monoisotopic (exact) mass is 310 g/mol. The lowest BCUT2D eigenvalue weighted by molar-refractivity contribution is 0.324. The van der Waals surface area contributed by atoms with Gasteiger partial charge in [0.25, 0.3) is 0 Å². The maximum Gasteiger partial charge on any atom is 0.134 e. The van der Waals surface area contributed by atoms with E-state index in [9.17, 15) is 0 Å². The van der Waals surface area contributed by atoms with E-state index in [2.05, 4.69) is 56.7 Å². The topological polar surface area (TPSA) is 41.1 Å². The highest BCUT2D eigenvalue weighted by molar-refractivity contribution is 7.99. The van der Waals surface area contributed by atoms with Crippen molar-refractivity contribution in [3.05, 3.63) is 11.4 Å². The van der Waals surface area contributed by atoms with Gasteiger partial charge in [0.1, 0.15) is 16.7 Å². The Bertz CT molecular complexity index is 431. The van der Waals surface area contributed by atoms with Gasteiger partial charge >= 0.3 is 0 Å². The molecule has 120 valence electrons. The first-order valence-corrected chi connectivity index (χ1v) is 8.99. The SMILES string of the molecule is CCNc1nc(C(C)C)nc(SCCN(CC)CC)c1C. The second-order valence-corrected chi connectivity index (χ2v) is 6.50. The molecule has 0 atom stereocenters. The predicted octanol–water partition coefficient (Wildman–Crippen LogP) is 3.77. The van der Waals surface area contributed by atoms with Crippen molar-refractivity contribution in [3.8, 4) is 0 Å². The summed E-state index contributed by atoms with van der Waals surface area (Å²) in [7, 11) is 0. The average molecular weight is 311 g/mol. The molecule has 0 spiro atoms. The molecule has 0 aliphatic heterocycles. The Labute approximate surface area is 134 Å². The molecular weight excluding hydrogens is 280 g/mol. The highest BCUT2D eigenvalue weighted by Gasteiger charge is 2.13. The molecule has 0 aliphatic carbocycles. The van der Waals surface area contributed by atoms with Gasteiger partial charge in [-0.05, 0) is 26.9 Å². The van der Waals surface area contributed by atoms with Crippen LogP contribution >= 0.6 is 11.8 Å². The third kappa shape index (κ3) is 5.47. The van der Waals surface area contributed by atoms with Gasteiger partial charge in [-0.2, -0.15) is 0 Å². The summed E-state index contributed by atoms with van der Waals surface area (Å²) in [6.45, 7) is 17.1. The lowest BCUT2D eigenvalue weighted by Gasteiger charge is -2.18. The maximum absolute atomic E-state index is 4.76. The van der Waals surface area contributed by atoms with Crippen molar-refractivity contribution >= 4 is 17.6 Å². The molecule has 0 aliphatic rings. The van der Waals surface area contributed by atoms with Crippen molar-refractivity contribution in [2.45, 2.75) is 52.5 Å². The molecule has 0 saturated carbocycles. The zero-order valence-electron chi connectivity index (χ0n) is 14.4. The fourth-order valence-electron chi connectivity index (χ4n) is 2.06. The number of hydrogen-bond donors (Lipinski definition) is 1. The molecule has 0 bridgehead atoms. The van der Waals surface area contributed by atoms with Gasteiger partial charge in [0.2, 0.25) is 0 Å². The number of rotatable bonds is 9. The highest BCUT2D eigenvalue weighted by atomic mass is 32.2. The minimum Gasteiger partial charge on any atom is -0.370 e. The van der Waals surface area contributed by atoms with Crippen LogP contribution in [0.1, 0.15) is 51.9 Å². The van der Waals surface area contributed by atoms with Crippen molar-refractivity contribution < 1.29 is 0 Å². The molecule has 4 nitrogen and oxygen atoms in total. The summed E-state index contributed by atoms with van der Waals surface area (Å²) in [5.41, 5.74) is 1.17. The molecule has 1 N–H and O–H groups in total. The number of hydrogen-bond acceptors (Lipinski definition) is 5. The van der Waals surface area contributed by atoms with Gasteiger partial charge in [-0.25, -0.2) is 9.97 Å².